The van der Waals surface area contributed by atoms with Crippen LogP contribution in [-0.4, -0.2) is 50.7 Å². The van der Waals surface area contributed by atoms with Crippen molar-refractivity contribution in [1.82, 2.24) is 15.6 Å². The van der Waals surface area contributed by atoms with Crippen LogP contribution in [0.25, 0.3) is 0 Å². The lowest BCUT2D eigenvalue weighted by molar-refractivity contribution is 0.468. The predicted molar refractivity (Wildman–Crippen MR) is 138 cm³/mol. The summed E-state index contributed by atoms with van der Waals surface area (Å²) in [5.74, 6) is 1.82. The molecule has 0 spiro atoms. The Bertz CT molecular complexity index is 806. The van der Waals surface area contributed by atoms with Crippen molar-refractivity contribution in [3.05, 3.63) is 53.7 Å². The monoisotopic (exact) mass is 522 g/mol. The predicted octanol–water partition coefficient (Wildman–Crippen LogP) is 3.80. The third kappa shape index (κ3) is 7.04. The molecule has 2 heterocycles. The summed E-state index contributed by atoms with van der Waals surface area (Å²) in [6, 6.07) is 15.3. The lowest BCUT2D eigenvalue weighted by atomic mass is 10.0. The Balaban J connectivity index is 0.00000320. The van der Waals surface area contributed by atoms with Crippen LogP contribution in [0.1, 0.15) is 31.0 Å². The number of aryl methyl sites for hydroxylation is 1. The Kier molecular flexibility index (Phi) is 9.68. The van der Waals surface area contributed by atoms with E-state index in [1.165, 1.54) is 17.7 Å². The van der Waals surface area contributed by atoms with Gasteiger partial charge in [-0.1, -0.05) is 23.8 Å². The number of nitrogens with zero attached hydrogens (tertiary/aromatic N) is 4. The van der Waals surface area contributed by atoms with Crippen LogP contribution in [0.2, 0.25) is 0 Å². The minimum atomic E-state index is 0. The van der Waals surface area contributed by atoms with E-state index in [0.29, 0.717) is 12.6 Å². The quantitative estimate of drug-likeness (QED) is 0.344. The van der Waals surface area contributed by atoms with Gasteiger partial charge in [-0.15, -0.1) is 24.0 Å². The first-order valence-corrected chi connectivity index (χ1v) is 10.5. The lowest BCUT2D eigenvalue weighted by Crippen LogP contribution is -2.51. The summed E-state index contributed by atoms with van der Waals surface area (Å²) in [5, 5.41) is 7.02. The molecular formula is C23H35IN6. The van der Waals surface area contributed by atoms with Gasteiger partial charge >= 0.3 is 0 Å². The van der Waals surface area contributed by atoms with Crippen LogP contribution < -0.4 is 20.4 Å². The molecule has 7 heteroatoms. The number of aromatic nitrogens is 1. The molecule has 1 aromatic heterocycles. The molecule has 30 heavy (non-hydrogen) atoms. The maximum Gasteiger partial charge on any atom is 0.191 e. The maximum absolute atomic E-state index is 4.78. The third-order valence-electron chi connectivity index (χ3n) is 5.16. The van der Waals surface area contributed by atoms with Crippen molar-refractivity contribution < 1.29 is 0 Å². The Labute approximate surface area is 198 Å². The molecule has 1 fully saturated rings. The van der Waals surface area contributed by atoms with Gasteiger partial charge in [-0.25, -0.2) is 9.98 Å². The van der Waals surface area contributed by atoms with Gasteiger partial charge in [0.05, 0.1) is 12.2 Å². The van der Waals surface area contributed by atoms with Gasteiger partial charge in [0, 0.05) is 45.5 Å². The van der Waals surface area contributed by atoms with Crippen LogP contribution in [0.4, 0.5) is 11.5 Å². The highest BCUT2D eigenvalue weighted by molar-refractivity contribution is 14.0. The fraction of sp³-hybridized carbons (Fsp3) is 0.478. The number of pyridine rings is 1. The Morgan fingerprint density at radius 1 is 1.20 bits per heavy atom. The first kappa shape index (κ1) is 24.2. The largest absolute Gasteiger partial charge is 0.369 e. The molecule has 1 unspecified atom stereocenters. The molecule has 3 rings (SSSR count). The zero-order valence-electron chi connectivity index (χ0n) is 18.6. The topological polar surface area (TPSA) is 55.8 Å². The van der Waals surface area contributed by atoms with Crippen molar-refractivity contribution in [3.8, 4) is 0 Å². The highest BCUT2D eigenvalue weighted by Crippen LogP contribution is 2.20. The van der Waals surface area contributed by atoms with Crippen molar-refractivity contribution >= 4 is 41.4 Å². The van der Waals surface area contributed by atoms with E-state index in [2.05, 4.69) is 58.6 Å². The van der Waals surface area contributed by atoms with E-state index >= 15 is 0 Å². The molecule has 0 saturated carbocycles. The number of hydrogen-bond donors (Lipinski definition) is 2. The summed E-state index contributed by atoms with van der Waals surface area (Å²) in [4.78, 5) is 13.9. The van der Waals surface area contributed by atoms with Crippen LogP contribution >= 0.6 is 24.0 Å². The van der Waals surface area contributed by atoms with Crippen LogP contribution in [0.5, 0.6) is 0 Å². The van der Waals surface area contributed by atoms with Gasteiger partial charge in [-0.05, 0) is 51.0 Å². The minimum absolute atomic E-state index is 0. The molecule has 2 aromatic rings. The SMILES string of the molecule is CCNC(=NCc1cccc(N(C)C)n1)NC1CCCN(c2ccc(C)cc2)C1.I. The smallest absolute Gasteiger partial charge is 0.191 e. The van der Waals surface area contributed by atoms with Crippen molar-refractivity contribution in [2.45, 2.75) is 39.3 Å². The van der Waals surface area contributed by atoms with Crippen LogP contribution in [-0.2, 0) is 6.54 Å². The highest BCUT2D eigenvalue weighted by Gasteiger charge is 2.21. The van der Waals surface area contributed by atoms with Crippen LogP contribution in [0.15, 0.2) is 47.5 Å². The second-order valence-corrected chi connectivity index (χ2v) is 7.84. The number of aliphatic imine (C=N–C) groups is 1. The third-order valence-corrected chi connectivity index (χ3v) is 5.16. The summed E-state index contributed by atoms with van der Waals surface area (Å²) in [7, 11) is 4.01. The summed E-state index contributed by atoms with van der Waals surface area (Å²) < 4.78 is 0. The molecule has 1 atom stereocenters. The first-order chi connectivity index (χ1) is 14.0. The first-order valence-electron chi connectivity index (χ1n) is 10.5. The summed E-state index contributed by atoms with van der Waals surface area (Å²) in [5.41, 5.74) is 3.57. The van der Waals surface area contributed by atoms with E-state index in [1.807, 2.05) is 37.2 Å². The number of guanidine groups is 1. The van der Waals surface area contributed by atoms with Gasteiger partial charge in [-0.3, -0.25) is 0 Å². The molecule has 1 aliphatic rings. The van der Waals surface area contributed by atoms with Gasteiger partial charge in [0.15, 0.2) is 5.96 Å². The molecular weight excluding hydrogens is 487 g/mol. The zero-order chi connectivity index (χ0) is 20.6. The highest BCUT2D eigenvalue weighted by atomic mass is 127. The lowest BCUT2D eigenvalue weighted by Gasteiger charge is -2.35. The van der Waals surface area contributed by atoms with Crippen molar-refractivity contribution in [3.63, 3.8) is 0 Å². The number of halogens is 1. The Hall–Kier alpha value is -2.03. The normalized spacial score (nSPS) is 16.6. The van der Waals surface area contributed by atoms with Gasteiger partial charge in [-0.2, -0.15) is 0 Å². The standard InChI is InChI=1S/C23H34N6.HI/c1-5-24-23(25-16-19-8-6-10-22(26-19)28(3)4)27-20-9-7-15-29(17-20)21-13-11-18(2)12-14-21;/h6,8,10-14,20H,5,7,9,15-17H2,1-4H3,(H2,24,25,27);1H. The molecule has 1 aliphatic heterocycles. The second-order valence-electron chi connectivity index (χ2n) is 7.84. The molecule has 6 nitrogen and oxygen atoms in total. The number of nitrogens with one attached hydrogen (secondary N) is 2. The summed E-state index contributed by atoms with van der Waals surface area (Å²) >= 11 is 0. The molecule has 1 aromatic carbocycles. The second kappa shape index (κ2) is 12.0. The van der Waals surface area contributed by atoms with Crippen molar-refractivity contribution in [2.75, 3.05) is 43.5 Å². The van der Waals surface area contributed by atoms with Crippen molar-refractivity contribution in [1.29, 1.82) is 0 Å². The summed E-state index contributed by atoms with van der Waals surface area (Å²) in [6.45, 7) is 7.73. The van der Waals surface area contributed by atoms with E-state index in [9.17, 15) is 0 Å². The molecule has 0 radical (unpaired) electrons. The van der Waals surface area contributed by atoms with Gasteiger partial charge in [0.2, 0.25) is 0 Å². The number of anilines is 2. The fourth-order valence-corrected chi connectivity index (χ4v) is 3.56. The number of rotatable bonds is 6. The van der Waals surface area contributed by atoms with E-state index < -0.39 is 0 Å². The Morgan fingerprint density at radius 2 is 1.97 bits per heavy atom. The zero-order valence-corrected chi connectivity index (χ0v) is 20.9. The summed E-state index contributed by atoms with van der Waals surface area (Å²) in [6.07, 6.45) is 2.33. The van der Waals surface area contributed by atoms with Crippen LogP contribution in [0.3, 0.4) is 0 Å². The average molecular weight is 522 g/mol. The number of hydrogen-bond acceptors (Lipinski definition) is 4. The van der Waals surface area contributed by atoms with E-state index in [0.717, 1.165) is 43.5 Å². The minimum Gasteiger partial charge on any atom is -0.369 e. The average Bonchev–Trinajstić information content (AvgIpc) is 2.73. The molecule has 1 saturated heterocycles. The van der Waals surface area contributed by atoms with E-state index in [1.54, 1.807) is 0 Å². The number of benzene rings is 1. The Morgan fingerprint density at radius 3 is 2.67 bits per heavy atom. The maximum atomic E-state index is 4.78. The van der Waals surface area contributed by atoms with E-state index in [-0.39, 0.29) is 24.0 Å². The molecule has 2 N–H and O–H groups in total. The van der Waals surface area contributed by atoms with Crippen LogP contribution in [0, 0.1) is 6.92 Å². The molecule has 0 aliphatic carbocycles. The fourth-order valence-electron chi connectivity index (χ4n) is 3.56. The van der Waals surface area contributed by atoms with E-state index in [4.69, 9.17) is 4.99 Å². The van der Waals surface area contributed by atoms with Gasteiger partial charge in [0.1, 0.15) is 5.82 Å². The molecule has 0 amide bonds. The van der Waals surface area contributed by atoms with Crippen molar-refractivity contribution in [2.24, 2.45) is 4.99 Å². The molecule has 164 valence electrons. The van der Waals surface area contributed by atoms with Gasteiger partial charge < -0.3 is 20.4 Å². The molecule has 0 bridgehead atoms. The number of piperidine rings is 1. The van der Waals surface area contributed by atoms with Gasteiger partial charge in [0.25, 0.3) is 0 Å².